The van der Waals surface area contributed by atoms with Gasteiger partial charge < -0.3 is 14.6 Å². The quantitative estimate of drug-likeness (QED) is 0.853. The zero-order valence-electron chi connectivity index (χ0n) is 11.4. The number of rotatable bonds is 5. The molecule has 6 heteroatoms. The van der Waals surface area contributed by atoms with Crippen molar-refractivity contribution in [2.24, 2.45) is 0 Å². The number of hydrogen-bond donors (Lipinski definition) is 1. The number of carbonyl (C=O) groups is 1. The Morgan fingerprint density at radius 1 is 1.45 bits per heavy atom. The van der Waals surface area contributed by atoms with Crippen LogP contribution in [0.1, 0.15) is 16.2 Å². The highest BCUT2D eigenvalue weighted by Crippen LogP contribution is 2.17. The summed E-state index contributed by atoms with van der Waals surface area (Å²) in [5, 5.41) is 2.87. The van der Waals surface area contributed by atoms with Crippen molar-refractivity contribution < 1.29 is 9.53 Å². The number of amides is 1. The fraction of sp³-hybridized carbons (Fsp3) is 0.286. The zero-order valence-corrected chi connectivity index (χ0v) is 13.0. The van der Waals surface area contributed by atoms with Crippen molar-refractivity contribution in [1.82, 2.24) is 9.55 Å². The zero-order chi connectivity index (χ0) is 14.5. The number of halogens is 1. The molecule has 0 spiro atoms. The Labute approximate surface area is 126 Å². The predicted octanol–water partition coefficient (Wildman–Crippen LogP) is 2.85. The minimum absolute atomic E-state index is 0.154. The molecule has 2 rings (SSSR count). The van der Waals surface area contributed by atoms with Crippen molar-refractivity contribution in [3.05, 3.63) is 46.5 Å². The molecule has 0 aliphatic rings. The van der Waals surface area contributed by atoms with Crippen LogP contribution in [0.3, 0.4) is 0 Å². The predicted molar refractivity (Wildman–Crippen MR) is 80.9 cm³/mol. The van der Waals surface area contributed by atoms with Crippen LogP contribution in [0.5, 0.6) is 0 Å². The summed E-state index contributed by atoms with van der Waals surface area (Å²) in [6.07, 6.45) is 1.86. The number of nitrogens with zero attached hydrogens (tertiary/aromatic N) is 2. The van der Waals surface area contributed by atoms with E-state index < -0.39 is 0 Å². The second-order valence-electron chi connectivity index (χ2n) is 4.30. The number of aryl methyl sites for hydroxylation is 1. The highest BCUT2D eigenvalue weighted by atomic mass is 79.9. The lowest BCUT2D eigenvalue weighted by Crippen LogP contribution is -2.18. The normalized spacial score (nSPS) is 10.6. The average molecular weight is 338 g/mol. The van der Waals surface area contributed by atoms with Crippen LogP contribution in [0.2, 0.25) is 0 Å². The Kier molecular flexibility index (Phi) is 4.92. The topological polar surface area (TPSA) is 56.1 Å². The molecule has 1 amide bonds. The Bertz CT molecular complexity index is 610. The third kappa shape index (κ3) is 3.46. The van der Waals surface area contributed by atoms with Gasteiger partial charge in [0.25, 0.3) is 5.91 Å². The smallest absolute Gasteiger partial charge is 0.272 e. The van der Waals surface area contributed by atoms with E-state index in [0.717, 1.165) is 10.3 Å². The number of methoxy groups -OCH3 is 1. The molecule has 0 aliphatic heterocycles. The van der Waals surface area contributed by atoms with Crippen LogP contribution in [0.4, 0.5) is 5.69 Å². The van der Waals surface area contributed by atoms with Crippen LogP contribution in [-0.4, -0.2) is 29.2 Å². The van der Waals surface area contributed by atoms with Crippen molar-refractivity contribution in [2.45, 2.75) is 13.5 Å². The second-order valence-corrected chi connectivity index (χ2v) is 5.11. The molecule has 0 saturated carbocycles. The lowest BCUT2D eigenvalue weighted by molar-refractivity contribution is 0.101. The number of ether oxygens (including phenoxy) is 1. The number of pyridine rings is 1. The third-order valence-electron chi connectivity index (χ3n) is 2.90. The molecule has 0 atom stereocenters. The molecule has 0 saturated heterocycles. The monoisotopic (exact) mass is 337 g/mol. The Morgan fingerprint density at radius 2 is 2.25 bits per heavy atom. The summed E-state index contributed by atoms with van der Waals surface area (Å²) in [7, 11) is 1.64. The highest BCUT2D eigenvalue weighted by molar-refractivity contribution is 9.10. The van der Waals surface area contributed by atoms with E-state index in [1.54, 1.807) is 19.2 Å². The van der Waals surface area contributed by atoms with Crippen LogP contribution in [0.25, 0.3) is 0 Å². The molecule has 106 valence electrons. The SMILES string of the molecule is COCCn1cccc1C(=O)Nc1ccc(Br)nc1C. The summed E-state index contributed by atoms with van der Waals surface area (Å²) in [6, 6.07) is 7.25. The van der Waals surface area contributed by atoms with Crippen molar-refractivity contribution in [3.8, 4) is 0 Å². The van der Waals surface area contributed by atoms with E-state index in [1.165, 1.54) is 0 Å². The first-order valence-electron chi connectivity index (χ1n) is 6.20. The van der Waals surface area contributed by atoms with E-state index in [-0.39, 0.29) is 5.91 Å². The summed E-state index contributed by atoms with van der Waals surface area (Å²) in [6.45, 7) is 3.06. The molecule has 0 aliphatic carbocycles. The molecule has 2 heterocycles. The largest absolute Gasteiger partial charge is 0.383 e. The van der Waals surface area contributed by atoms with Gasteiger partial charge in [-0.25, -0.2) is 4.98 Å². The van der Waals surface area contributed by atoms with E-state index in [4.69, 9.17) is 4.74 Å². The maximum atomic E-state index is 12.3. The summed E-state index contributed by atoms with van der Waals surface area (Å²) >= 11 is 3.30. The van der Waals surface area contributed by atoms with Crippen molar-refractivity contribution in [3.63, 3.8) is 0 Å². The Hall–Kier alpha value is -1.66. The Morgan fingerprint density at radius 3 is 2.95 bits per heavy atom. The van der Waals surface area contributed by atoms with Gasteiger partial charge in [0, 0.05) is 19.9 Å². The van der Waals surface area contributed by atoms with Crippen LogP contribution >= 0.6 is 15.9 Å². The van der Waals surface area contributed by atoms with Gasteiger partial charge in [0.05, 0.1) is 18.0 Å². The summed E-state index contributed by atoms with van der Waals surface area (Å²) in [5.41, 5.74) is 2.07. The van der Waals surface area contributed by atoms with Gasteiger partial charge in [-0.3, -0.25) is 4.79 Å². The summed E-state index contributed by atoms with van der Waals surface area (Å²) in [5.74, 6) is -0.154. The molecule has 2 aromatic heterocycles. The minimum atomic E-state index is -0.154. The Balaban J connectivity index is 2.14. The first-order valence-corrected chi connectivity index (χ1v) is 6.99. The molecule has 0 aromatic carbocycles. The third-order valence-corrected chi connectivity index (χ3v) is 3.34. The highest BCUT2D eigenvalue weighted by Gasteiger charge is 2.12. The molecule has 5 nitrogen and oxygen atoms in total. The number of anilines is 1. The molecular formula is C14H16BrN3O2. The van der Waals surface area contributed by atoms with Gasteiger partial charge in [-0.2, -0.15) is 0 Å². The first-order chi connectivity index (χ1) is 9.61. The maximum absolute atomic E-state index is 12.3. The number of nitrogens with one attached hydrogen (secondary N) is 1. The van der Waals surface area contributed by atoms with Crippen LogP contribution < -0.4 is 5.32 Å². The standard InChI is InChI=1S/C14H16BrN3O2/c1-10-11(5-6-13(15)16-10)17-14(19)12-4-3-7-18(12)8-9-20-2/h3-7H,8-9H2,1-2H3,(H,17,19). The lowest BCUT2D eigenvalue weighted by atomic mass is 10.3. The van der Waals surface area contributed by atoms with E-state index in [1.807, 2.05) is 29.8 Å². The molecule has 0 fully saturated rings. The van der Waals surface area contributed by atoms with Gasteiger partial charge >= 0.3 is 0 Å². The van der Waals surface area contributed by atoms with E-state index in [9.17, 15) is 4.79 Å². The van der Waals surface area contributed by atoms with Crippen LogP contribution in [0, 0.1) is 6.92 Å². The lowest BCUT2D eigenvalue weighted by Gasteiger charge is -2.10. The summed E-state index contributed by atoms with van der Waals surface area (Å²) < 4.78 is 7.64. The summed E-state index contributed by atoms with van der Waals surface area (Å²) in [4.78, 5) is 16.5. The molecule has 0 radical (unpaired) electrons. The van der Waals surface area contributed by atoms with Crippen LogP contribution in [0.15, 0.2) is 35.1 Å². The minimum Gasteiger partial charge on any atom is -0.383 e. The number of carbonyl (C=O) groups excluding carboxylic acids is 1. The first kappa shape index (κ1) is 14.7. The molecule has 20 heavy (non-hydrogen) atoms. The molecule has 1 N–H and O–H groups in total. The van der Waals surface area contributed by atoms with Gasteiger partial charge in [0.1, 0.15) is 10.3 Å². The van der Waals surface area contributed by atoms with Gasteiger partial charge in [-0.1, -0.05) is 0 Å². The van der Waals surface area contributed by atoms with Gasteiger partial charge in [-0.05, 0) is 47.1 Å². The average Bonchev–Trinajstić information content (AvgIpc) is 2.88. The van der Waals surface area contributed by atoms with E-state index in [2.05, 4.69) is 26.2 Å². The van der Waals surface area contributed by atoms with Gasteiger partial charge in [-0.15, -0.1) is 0 Å². The number of aromatic nitrogens is 2. The van der Waals surface area contributed by atoms with Crippen molar-refractivity contribution >= 4 is 27.5 Å². The molecule has 0 bridgehead atoms. The molecular weight excluding hydrogens is 322 g/mol. The van der Waals surface area contributed by atoms with Crippen molar-refractivity contribution in [1.29, 1.82) is 0 Å². The van der Waals surface area contributed by atoms with Crippen LogP contribution in [-0.2, 0) is 11.3 Å². The fourth-order valence-corrected chi connectivity index (χ4v) is 2.25. The maximum Gasteiger partial charge on any atom is 0.272 e. The van der Waals surface area contributed by atoms with E-state index >= 15 is 0 Å². The molecule has 0 unspecified atom stereocenters. The van der Waals surface area contributed by atoms with Gasteiger partial charge in [0.15, 0.2) is 0 Å². The molecule has 2 aromatic rings. The van der Waals surface area contributed by atoms with Crippen molar-refractivity contribution in [2.75, 3.05) is 19.0 Å². The second kappa shape index (κ2) is 6.67. The number of hydrogen-bond acceptors (Lipinski definition) is 3. The van der Waals surface area contributed by atoms with E-state index in [0.29, 0.717) is 24.5 Å². The fourth-order valence-electron chi connectivity index (χ4n) is 1.85. The van der Waals surface area contributed by atoms with Gasteiger partial charge in [0.2, 0.25) is 0 Å².